The van der Waals surface area contributed by atoms with Gasteiger partial charge < -0.3 is 4.90 Å². The minimum absolute atomic E-state index is 0.0623. The van der Waals surface area contributed by atoms with E-state index in [1.807, 2.05) is 37.8 Å². The first-order valence-electron chi connectivity index (χ1n) is 7.56. The summed E-state index contributed by atoms with van der Waals surface area (Å²) < 4.78 is 1.61. The van der Waals surface area contributed by atoms with Crippen LogP contribution in [0.3, 0.4) is 0 Å². The predicted octanol–water partition coefficient (Wildman–Crippen LogP) is 1.56. The molecule has 0 bridgehead atoms. The van der Waals surface area contributed by atoms with Gasteiger partial charge in [0.15, 0.2) is 5.82 Å². The number of fused-ring (bicyclic) bond motifs is 1. The van der Waals surface area contributed by atoms with E-state index in [2.05, 4.69) is 27.7 Å². The molecule has 2 heterocycles. The molecule has 6 heteroatoms. The van der Waals surface area contributed by atoms with Crippen LogP contribution in [-0.4, -0.2) is 37.6 Å². The molecule has 1 aromatic carbocycles. The second kappa shape index (κ2) is 5.51. The number of aromatic nitrogens is 4. The van der Waals surface area contributed by atoms with E-state index in [0.717, 1.165) is 18.8 Å². The van der Waals surface area contributed by atoms with Crippen LogP contribution < -0.4 is 0 Å². The van der Waals surface area contributed by atoms with Crippen LogP contribution in [0.15, 0.2) is 24.3 Å². The fourth-order valence-corrected chi connectivity index (χ4v) is 2.79. The maximum absolute atomic E-state index is 12.6. The van der Waals surface area contributed by atoms with Crippen molar-refractivity contribution in [1.29, 1.82) is 0 Å². The highest BCUT2D eigenvalue weighted by molar-refractivity contribution is 5.76. The molecule has 6 nitrogen and oxygen atoms in total. The summed E-state index contributed by atoms with van der Waals surface area (Å²) in [5.74, 6) is 0.797. The van der Waals surface area contributed by atoms with Gasteiger partial charge in [-0.05, 0) is 28.0 Å². The van der Waals surface area contributed by atoms with Gasteiger partial charge in [0, 0.05) is 18.5 Å². The molecule has 2 aromatic rings. The number of carbonyl (C=O) groups excluding carboxylic acids is 1. The number of hydrogen-bond donors (Lipinski definition) is 0. The third-order valence-corrected chi connectivity index (χ3v) is 3.97. The average Bonchev–Trinajstić information content (AvgIpc) is 2.95. The summed E-state index contributed by atoms with van der Waals surface area (Å²) in [5.41, 5.74) is 2.39. The van der Waals surface area contributed by atoms with Gasteiger partial charge in [-0.25, -0.2) is 4.68 Å². The topological polar surface area (TPSA) is 63.9 Å². The summed E-state index contributed by atoms with van der Waals surface area (Å²) >= 11 is 0. The first-order chi connectivity index (χ1) is 10.4. The zero-order chi connectivity index (χ0) is 15.7. The van der Waals surface area contributed by atoms with Gasteiger partial charge in [0.25, 0.3) is 0 Å². The highest BCUT2D eigenvalue weighted by Crippen LogP contribution is 2.20. The summed E-state index contributed by atoms with van der Waals surface area (Å²) in [7, 11) is 0. The molecular formula is C16H21N5O. The first-order valence-corrected chi connectivity index (χ1v) is 7.56. The number of hydrogen-bond acceptors (Lipinski definition) is 4. The number of rotatable bonds is 2. The zero-order valence-corrected chi connectivity index (χ0v) is 13.3. The molecule has 0 aliphatic carbocycles. The summed E-state index contributed by atoms with van der Waals surface area (Å²) in [5, 5.41) is 11.7. The van der Waals surface area contributed by atoms with E-state index < -0.39 is 0 Å². The molecule has 0 fully saturated rings. The van der Waals surface area contributed by atoms with Crippen molar-refractivity contribution >= 4 is 5.91 Å². The number of carbonyl (C=O) groups is 1. The van der Waals surface area contributed by atoms with Crippen molar-refractivity contribution in [2.75, 3.05) is 6.54 Å². The molecule has 0 N–H and O–H groups in total. The lowest BCUT2D eigenvalue weighted by Gasteiger charge is -2.29. The van der Waals surface area contributed by atoms with E-state index in [-0.39, 0.29) is 17.9 Å². The fourth-order valence-electron chi connectivity index (χ4n) is 2.79. The molecule has 116 valence electrons. The zero-order valence-electron chi connectivity index (χ0n) is 13.3. The summed E-state index contributed by atoms with van der Waals surface area (Å²) in [4.78, 5) is 14.4. The van der Waals surface area contributed by atoms with E-state index in [1.54, 1.807) is 4.68 Å². The summed E-state index contributed by atoms with van der Waals surface area (Å²) in [6, 6.07) is 8.29. The van der Waals surface area contributed by atoms with Crippen LogP contribution in [0.1, 0.15) is 37.7 Å². The van der Waals surface area contributed by atoms with E-state index in [4.69, 9.17) is 0 Å². The number of benzene rings is 1. The Kier molecular flexibility index (Phi) is 3.68. The quantitative estimate of drug-likeness (QED) is 0.844. The third-order valence-electron chi connectivity index (χ3n) is 3.97. The standard InChI is InChI=1S/C16H21N5O/c1-16(2,3)15-17-18-19-21(15)11-14(22)20-9-8-12-6-4-5-7-13(12)10-20/h4-7H,8-11H2,1-3H3. The van der Waals surface area contributed by atoms with Gasteiger partial charge in [0.1, 0.15) is 6.54 Å². The van der Waals surface area contributed by atoms with E-state index in [9.17, 15) is 4.79 Å². The SMILES string of the molecule is CC(C)(C)c1nnnn1CC(=O)N1CCc2ccccc2C1. The van der Waals surface area contributed by atoms with Gasteiger partial charge in [0.2, 0.25) is 5.91 Å². The van der Waals surface area contributed by atoms with Crippen LogP contribution in [0, 0.1) is 0 Å². The largest absolute Gasteiger partial charge is 0.336 e. The summed E-state index contributed by atoms with van der Waals surface area (Å²) in [6.07, 6.45) is 0.906. The normalized spacial score (nSPS) is 14.8. The Balaban J connectivity index is 1.73. The minimum Gasteiger partial charge on any atom is -0.336 e. The van der Waals surface area contributed by atoms with E-state index in [1.165, 1.54) is 11.1 Å². The molecule has 1 aliphatic rings. The Bertz CT molecular complexity index is 686. The molecule has 0 atom stereocenters. The van der Waals surface area contributed by atoms with Crippen LogP contribution in [0.4, 0.5) is 0 Å². The lowest BCUT2D eigenvalue weighted by atomic mass is 9.96. The molecule has 0 saturated carbocycles. The molecule has 22 heavy (non-hydrogen) atoms. The Hall–Kier alpha value is -2.24. The van der Waals surface area contributed by atoms with Gasteiger partial charge in [-0.15, -0.1) is 5.10 Å². The van der Waals surface area contributed by atoms with Gasteiger partial charge in [-0.1, -0.05) is 45.0 Å². The van der Waals surface area contributed by atoms with E-state index in [0.29, 0.717) is 6.54 Å². The highest BCUT2D eigenvalue weighted by Gasteiger charge is 2.26. The van der Waals surface area contributed by atoms with Gasteiger partial charge in [-0.3, -0.25) is 4.79 Å². The molecule has 1 aromatic heterocycles. The Labute approximate surface area is 130 Å². The van der Waals surface area contributed by atoms with Crippen molar-refractivity contribution < 1.29 is 4.79 Å². The second-order valence-corrected chi connectivity index (χ2v) is 6.74. The van der Waals surface area contributed by atoms with Crippen LogP contribution in [-0.2, 0) is 29.7 Å². The monoisotopic (exact) mass is 299 g/mol. The molecule has 1 amide bonds. The summed E-state index contributed by atoms with van der Waals surface area (Å²) in [6.45, 7) is 7.73. The van der Waals surface area contributed by atoms with Crippen molar-refractivity contribution in [2.24, 2.45) is 0 Å². The average molecular weight is 299 g/mol. The Morgan fingerprint density at radius 1 is 1.23 bits per heavy atom. The van der Waals surface area contributed by atoms with Crippen molar-refractivity contribution in [3.63, 3.8) is 0 Å². The van der Waals surface area contributed by atoms with Crippen LogP contribution >= 0.6 is 0 Å². The molecular weight excluding hydrogens is 278 g/mol. The molecule has 0 radical (unpaired) electrons. The molecule has 3 rings (SSSR count). The lowest BCUT2D eigenvalue weighted by Crippen LogP contribution is -2.38. The van der Waals surface area contributed by atoms with Crippen LogP contribution in [0.25, 0.3) is 0 Å². The first kappa shape index (κ1) is 14.7. The van der Waals surface area contributed by atoms with Crippen molar-refractivity contribution in [3.8, 4) is 0 Å². The Morgan fingerprint density at radius 2 is 1.95 bits per heavy atom. The smallest absolute Gasteiger partial charge is 0.244 e. The third kappa shape index (κ3) is 2.86. The fraction of sp³-hybridized carbons (Fsp3) is 0.500. The minimum atomic E-state index is -0.182. The van der Waals surface area contributed by atoms with Gasteiger partial charge in [-0.2, -0.15) is 0 Å². The van der Waals surface area contributed by atoms with Crippen molar-refractivity contribution in [3.05, 3.63) is 41.2 Å². The van der Waals surface area contributed by atoms with Gasteiger partial charge >= 0.3 is 0 Å². The van der Waals surface area contributed by atoms with Gasteiger partial charge in [0.05, 0.1) is 0 Å². The highest BCUT2D eigenvalue weighted by atomic mass is 16.2. The van der Waals surface area contributed by atoms with Crippen molar-refractivity contribution in [2.45, 2.75) is 45.7 Å². The lowest BCUT2D eigenvalue weighted by molar-refractivity contribution is -0.133. The van der Waals surface area contributed by atoms with Crippen molar-refractivity contribution in [1.82, 2.24) is 25.1 Å². The molecule has 0 saturated heterocycles. The maximum atomic E-state index is 12.6. The molecule has 1 aliphatic heterocycles. The van der Waals surface area contributed by atoms with Crippen LogP contribution in [0.2, 0.25) is 0 Å². The number of tetrazole rings is 1. The maximum Gasteiger partial charge on any atom is 0.244 e. The Morgan fingerprint density at radius 3 is 2.68 bits per heavy atom. The van der Waals surface area contributed by atoms with Crippen LogP contribution in [0.5, 0.6) is 0 Å². The number of nitrogens with zero attached hydrogens (tertiary/aromatic N) is 5. The predicted molar refractivity (Wildman–Crippen MR) is 82.1 cm³/mol. The molecule has 0 unspecified atom stereocenters. The number of amides is 1. The second-order valence-electron chi connectivity index (χ2n) is 6.74. The van der Waals surface area contributed by atoms with E-state index >= 15 is 0 Å². The molecule has 0 spiro atoms.